The molecule has 2 aliphatic rings. The summed E-state index contributed by atoms with van der Waals surface area (Å²) < 4.78 is 26.7. The molecule has 106 valence electrons. The molecule has 0 unspecified atom stereocenters. The van der Waals surface area contributed by atoms with Crippen molar-refractivity contribution in [3.63, 3.8) is 0 Å². The van der Waals surface area contributed by atoms with Crippen LogP contribution in [0.1, 0.15) is 39.5 Å². The van der Waals surface area contributed by atoms with E-state index in [1.807, 2.05) is 0 Å². The Morgan fingerprint density at radius 2 is 1.83 bits per heavy atom. The van der Waals surface area contributed by atoms with Crippen LogP contribution in [-0.2, 0) is 0 Å². The Kier molecular flexibility index (Phi) is 4.59. The van der Waals surface area contributed by atoms with Crippen LogP contribution in [0.4, 0.5) is 8.78 Å². The minimum atomic E-state index is -2.40. The minimum Gasteiger partial charge on any atom is -0.301 e. The first kappa shape index (κ1) is 14.2. The summed E-state index contributed by atoms with van der Waals surface area (Å²) in [6, 6.07) is 0.603. The van der Waals surface area contributed by atoms with Gasteiger partial charge in [-0.25, -0.2) is 8.78 Å². The fourth-order valence-electron chi connectivity index (χ4n) is 3.26. The Bertz CT molecular complexity index is 261. The highest BCUT2D eigenvalue weighted by Crippen LogP contribution is 2.36. The molecular formula is C14H26F2N2. The van der Waals surface area contributed by atoms with E-state index in [9.17, 15) is 8.78 Å². The van der Waals surface area contributed by atoms with Gasteiger partial charge in [0.15, 0.2) is 0 Å². The van der Waals surface area contributed by atoms with Gasteiger partial charge in [0.05, 0.1) is 0 Å². The SMILES string of the molecule is CC(C)N1CCN(C[C@H]2CCCC(F)(F)C2)CC1. The lowest BCUT2D eigenvalue weighted by Gasteiger charge is -2.39. The van der Waals surface area contributed by atoms with Crippen molar-refractivity contribution in [1.29, 1.82) is 0 Å². The van der Waals surface area contributed by atoms with E-state index in [1.54, 1.807) is 0 Å². The van der Waals surface area contributed by atoms with Gasteiger partial charge in [0, 0.05) is 51.6 Å². The van der Waals surface area contributed by atoms with Crippen LogP contribution in [0.5, 0.6) is 0 Å². The van der Waals surface area contributed by atoms with Gasteiger partial charge in [-0.1, -0.05) is 0 Å². The third-order valence-corrected chi connectivity index (χ3v) is 4.40. The lowest BCUT2D eigenvalue weighted by molar-refractivity contribution is -0.0586. The van der Waals surface area contributed by atoms with E-state index in [2.05, 4.69) is 23.6 Å². The fourth-order valence-corrected chi connectivity index (χ4v) is 3.26. The molecule has 0 amide bonds. The largest absolute Gasteiger partial charge is 0.301 e. The van der Waals surface area contributed by atoms with E-state index in [0.717, 1.165) is 39.1 Å². The van der Waals surface area contributed by atoms with Crippen LogP contribution in [0.15, 0.2) is 0 Å². The summed E-state index contributed by atoms with van der Waals surface area (Å²) in [7, 11) is 0. The van der Waals surface area contributed by atoms with E-state index >= 15 is 0 Å². The Morgan fingerprint density at radius 1 is 1.17 bits per heavy atom. The third kappa shape index (κ3) is 3.89. The highest BCUT2D eigenvalue weighted by atomic mass is 19.3. The lowest BCUT2D eigenvalue weighted by Crippen LogP contribution is -2.50. The number of nitrogens with zero attached hydrogens (tertiary/aromatic N) is 2. The van der Waals surface area contributed by atoms with E-state index in [1.165, 1.54) is 0 Å². The topological polar surface area (TPSA) is 6.48 Å². The van der Waals surface area contributed by atoms with Crippen LogP contribution < -0.4 is 0 Å². The van der Waals surface area contributed by atoms with Crippen molar-refractivity contribution >= 4 is 0 Å². The minimum absolute atomic E-state index is 0.102. The summed E-state index contributed by atoms with van der Waals surface area (Å²) in [5.74, 6) is -2.19. The van der Waals surface area contributed by atoms with Crippen molar-refractivity contribution in [1.82, 2.24) is 9.80 Å². The second-order valence-electron chi connectivity index (χ2n) is 6.25. The first-order valence-electron chi connectivity index (χ1n) is 7.30. The molecule has 1 saturated heterocycles. The van der Waals surface area contributed by atoms with Crippen LogP contribution in [0, 0.1) is 5.92 Å². The molecule has 0 radical (unpaired) electrons. The molecule has 18 heavy (non-hydrogen) atoms. The van der Waals surface area contributed by atoms with Gasteiger partial charge in [0.1, 0.15) is 0 Å². The van der Waals surface area contributed by atoms with E-state index in [-0.39, 0.29) is 18.8 Å². The molecule has 0 N–H and O–H groups in total. The predicted molar refractivity (Wildman–Crippen MR) is 70.1 cm³/mol. The predicted octanol–water partition coefficient (Wildman–Crippen LogP) is 2.84. The second-order valence-corrected chi connectivity index (χ2v) is 6.25. The van der Waals surface area contributed by atoms with Crippen LogP contribution in [0.3, 0.4) is 0 Å². The van der Waals surface area contributed by atoms with Gasteiger partial charge in [0.2, 0.25) is 5.92 Å². The molecule has 4 heteroatoms. The third-order valence-electron chi connectivity index (χ3n) is 4.40. The first-order valence-corrected chi connectivity index (χ1v) is 7.30. The van der Waals surface area contributed by atoms with Gasteiger partial charge >= 0.3 is 0 Å². The van der Waals surface area contributed by atoms with Gasteiger partial charge < -0.3 is 4.90 Å². The van der Waals surface area contributed by atoms with Gasteiger partial charge in [-0.15, -0.1) is 0 Å². The summed E-state index contributed by atoms with van der Waals surface area (Å²) in [6.45, 7) is 9.57. The maximum atomic E-state index is 13.3. The molecule has 0 spiro atoms. The molecule has 0 aromatic carbocycles. The van der Waals surface area contributed by atoms with Crippen LogP contribution in [-0.4, -0.2) is 54.5 Å². The maximum Gasteiger partial charge on any atom is 0.248 e. The second kappa shape index (κ2) is 5.83. The van der Waals surface area contributed by atoms with Gasteiger partial charge in [-0.2, -0.15) is 0 Å². The number of piperazine rings is 1. The molecule has 1 atom stereocenters. The Morgan fingerprint density at radius 3 is 2.39 bits per heavy atom. The average molecular weight is 260 g/mol. The van der Waals surface area contributed by atoms with Gasteiger partial charge in [-0.3, -0.25) is 4.90 Å². The Labute approximate surface area is 109 Å². The number of rotatable bonds is 3. The van der Waals surface area contributed by atoms with E-state index < -0.39 is 5.92 Å². The van der Waals surface area contributed by atoms with Crippen molar-refractivity contribution < 1.29 is 8.78 Å². The van der Waals surface area contributed by atoms with E-state index in [4.69, 9.17) is 0 Å². The highest BCUT2D eigenvalue weighted by Gasteiger charge is 2.36. The molecule has 1 aliphatic carbocycles. The summed E-state index contributed by atoms with van der Waals surface area (Å²) in [6.07, 6.45) is 1.89. The van der Waals surface area contributed by atoms with Crippen molar-refractivity contribution in [3.05, 3.63) is 0 Å². The summed E-state index contributed by atoms with van der Waals surface area (Å²) >= 11 is 0. The van der Waals surface area contributed by atoms with Crippen molar-refractivity contribution in [2.45, 2.75) is 51.5 Å². The highest BCUT2D eigenvalue weighted by molar-refractivity contribution is 4.82. The molecule has 0 aromatic heterocycles. The summed E-state index contributed by atoms with van der Waals surface area (Å²) in [5.41, 5.74) is 0. The van der Waals surface area contributed by atoms with Gasteiger partial charge in [-0.05, 0) is 32.6 Å². The molecule has 2 fully saturated rings. The number of halogens is 2. The van der Waals surface area contributed by atoms with Crippen LogP contribution >= 0.6 is 0 Å². The molecule has 1 aliphatic heterocycles. The van der Waals surface area contributed by atoms with Crippen molar-refractivity contribution in [3.8, 4) is 0 Å². The Hall–Kier alpha value is -0.220. The zero-order valence-electron chi connectivity index (χ0n) is 11.7. The Balaban J connectivity index is 1.74. The zero-order chi connectivity index (χ0) is 13.2. The van der Waals surface area contributed by atoms with Gasteiger partial charge in [0.25, 0.3) is 0 Å². The monoisotopic (exact) mass is 260 g/mol. The number of alkyl halides is 2. The maximum absolute atomic E-state index is 13.3. The smallest absolute Gasteiger partial charge is 0.248 e. The first-order chi connectivity index (χ1) is 8.46. The van der Waals surface area contributed by atoms with Crippen molar-refractivity contribution in [2.75, 3.05) is 32.7 Å². The normalized spacial score (nSPS) is 30.8. The van der Waals surface area contributed by atoms with Crippen LogP contribution in [0.2, 0.25) is 0 Å². The molecule has 0 aromatic rings. The molecule has 0 bridgehead atoms. The average Bonchev–Trinajstić information content (AvgIpc) is 2.28. The van der Waals surface area contributed by atoms with Crippen molar-refractivity contribution in [2.24, 2.45) is 5.92 Å². The zero-order valence-corrected chi connectivity index (χ0v) is 11.7. The quantitative estimate of drug-likeness (QED) is 0.770. The molecular weight excluding hydrogens is 234 g/mol. The summed E-state index contributed by atoms with van der Waals surface area (Å²) in [4.78, 5) is 4.84. The van der Waals surface area contributed by atoms with Crippen LogP contribution in [0.25, 0.3) is 0 Å². The summed E-state index contributed by atoms with van der Waals surface area (Å²) in [5, 5.41) is 0. The molecule has 2 rings (SSSR count). The van der Waals surface area contributed by atoms with E-state index in [0.29, 0.717) is 12.5 Å². The number of hydrogen-bond acceptors (Lipinski definition) is 2. The molecule has 1 heterocycles. The number of hydrogen-bond donors (Lipinski definition) is 0. The lowest BCUT2D eigenvalue weighted by atomic mass is 9.86. The molecule has 1 saturated carbocycles. The fraction of sp³-hybridized carbons (Fsp3) is 1.00. The standard InChI is InChI=1S/C14H26F2N2/c1-12(2)18-8-6-17(7-9-18)11-13-4-3-5-14(15,16)10-13/h12-13H,3-11H2,1-2H3/t13-/m0/s1. The molecule has 2 nitrogen and oxygen atoms in total.